The van der Waals surface area contributed by atoms with Crippen LogP contribution in [0.1, 0.15) is 26.2 Å². The molecule has 2 amide bonds. The molecule has 132 valence electrons. The number of para-hydroxylation sites is 1. The van der Waals surface area contributed by atoms with Gasteiger partial charge in [0.15, 0.2) is 0 Å². The second-order valence-corrected chi connectivity index (χ2v) is 7.02. The Kier molecular flexibility index (Phi) is 7.43. The van der Waals surface area contributed by atoms with Crippen LogP contribution in [0.4, 0.5) is 5.69 Å². The van der Waals surface area contributed by atoms with Crippen LogP contribution in [0.25, 0.3) is 0 Å². The average Bonchev–Trinajstić information content (AvgIpc) is 3.07. The second-order valence-electron chi connectivity index (χ2n) is 6.04. The highest BCUT2D eigenvalue weighted by Gasteiger charge is 2.31. The van der Waals surface area contributed by atoms with Gasteiger partial charge in [-0.3, -0.25) is 9.59 Å². The number of hydrogen-bond donors (Lipinski definition) is 2. The molecule has 1 aliphatic rings. The average molecular weight is 350 g/mol. The fraction of sp³-hybridized carbons (Fsp3) is 0.556. The van der Waals surface area contributed by atoms with Gasteiger partial charge in [-0.1, -0.05) is 25.1 Å². The highest BCUT2D eigenvalue weighted by atomic mass is 32.2. The molecule has 24 heavy (non-hydrogen) atoms. The summed E-state index contributed by atoms with van der Waals surface area (Å²) in [7, 11) is 0. The molecule has 6 heteroatoms. The van der Waals surface area contributed by atoms with Crippen LogP contribution in [0.15, 0.2) is 30.3 Å². The first kappa shape index (κ1) is 18.6. The van der Waals surface area contributed by atoms with Gasteiger partial charge in [-0.15, -0.1) is 0 Å². The molecular formula is C18H27N3O2S. The van der Waals surface area contributed by atoms with Gasteiger partial charge in [-0.05, 0) is 37.0 Å². The number of amides is 2. The zero-order valence-corrected chi connectivity index (χ0v) is 15.3. The van der Waals surface area contributed by atoms with Crippen LogP contribution >= 0.6 is 11.8 Å². The summed E-state index contributed by atoms with van der Waals surface area (Å²) in [6.45, 7) is 3.23. The maximum Gasteiger partial charge on any atom is 0.245 e. The fourth-order valence-corrected chi connectivity index (χ4v) is 3.33. The first-order valence-corrected chi connectivity index (χ1v) is 9.92. The SMILES string of the molecule is CCC(=O)N[C@H](CCSC)C(=O)N1CC[C@@H](Nc2ccccc2)C1. The van der Waals surface area contributed by atoms with E-state index in [0.29, 0.717) is 19.4 Å². The zero-order valence-electron chi connectivity index (χ0n) is 14.5. The van der Waals surface area contributed by atoms with Crippen molar-refractivity contribution in [3.63, 3.8) is 0 Å². The van der Waals surface area contributed by atoms with Crippen LogP contribution in [0.2, 0.25) is 0 Å². The smallest absolute Gasteiger partial charge is 0.245 e. The molecule has 2 rings (SSSR count). The topological polar surface area (TPSA) is 61.4 Å². The fourth-order valence-electron chi connectivity index (χ4n) is 2.86. The molecule has 0 aromatic heterocycles. The van der Waals surface area contributed by atoms with Crippen molar-refractivity contribution in [3.8, 4) is 0 Å². The van der Waals surface area contributed by atoms with Crippen LogP contribution in [-0.4, -0.2) is 53.9 Å². The first-order valence-electron chi connectivity index (χ1n) is 8.52. The van der Waals surface area contributed by atoms with E-state index in [0.717, 1.165) is 24.4 Å². The Bertz CT molecular complexity index is 538. The molecule has 2 atom stereocenters. The predicted octanol–water partition coefficient (Wildman–Crippen LogP) is 2.35. The molecule has 0 unspecified atom stereocenters. The molecule has 1 aromatic carbocycles. The molecule has 0 saturated carbocycles. The van der Waals surface area contributed by atoms with E-state index in [-0.39, 0.29) is 17.9 Å². The van der Waals surface area contributed by atoms with Gasteiger partial charge in [0.1, 0.15) is 6.04 Å². The molecule has 1 fully saturated rings. The van der Waals surface area contributed by atoms with Gasteiger partial charge in [0, 0.05) is 31.2 Å². The van der Waals surface area contributed by atoms with Gasteiger partial charge in [0.2, 0.25) is 11.8 Å². The summed E-state index contributed by atoms with van der Waals surface area (Å²) in [6, 6.07) is 9.92. The van der Waals surface area contributed by atoms with Gasteiger partial charge in [0.25, 0.3) is 0 Å². The summed E-state index contributed by atoms with van der Waals surface area (Å²) in [4.78, 5) is 26.4. The lowest BCUT2D eigenvalue weighted by atomic mass is 10.2. The van der Waals surface area contributed by atoms with Gasteiger partial charge < -0.3 is 15.5 Å². The van der Waals surface area contributed by atoms with Gasteiger partial charge in [-0.25, -0.2) is 0 Å². The summed E-state index contributed by atoms with van der Waals surface area (Å²) in [6.07, 6.45) is 4.02. The van der Waals surface area contributed by atoms with Crippen molar-refractivity contribution in [2.24, 2.45) is 0 Å². The minimum absolute atomic E-state index is 0.0446. The number of carbonyl (C=O) groups excluding carboxylic acids is 2. The van der Waals surface area contributed by atoms with Crippen LogP contribution in [-0.2, 0) is 9.59 Å². The molecule has 0 radical (unpaired) electrons. The second kappa shape index (κ2) is 9.57. The molecule has 0 bridgehead atoms. The minimum Gasteiger partial charge on any atom is -0.380 e. The number of anilines is 1. The lowest BCUT2D eigenvalue weighted by Gasteiger charge is -2.24. The molecule has 0 spiro atoms. The lowest BCUT2D eigenvalue weighted by Crippen LogP contribution is -2.48. The number of hydrogen-bond acceptors (Lipinski definition) is 4. The summed E-state index contributed by atoms with van der Waals surface area (Å²) in [5.74, 6) is 0.843. The van der Waals surface area contributed by atoms with Crippen LogP contribution in [0.3, 0.4) is 0 Å². The maximum atomic E-state index is 12.8. The quantitative estimate of drug-likeness (QED) is 0.756. The Morgan fingerprint density at radius 1 is 1.33 bits per heavy atom. The van der Waals surface area contributed by atoms with Gasteiger partial charge >= 0.3 is 0 Å². The van der Waals surface area contributed by atoms with Gasteiger partial charge in [0.05, 0.1) is 0 Å². The Morgan fingerprint density at radius 3 is 2.75 bits per heavy atom. The van der Waals surface area contributed by atoms with E-state index in [1.54, 1.807) is 18.7 Å². The van der Waals surface area contributed by atoms with Crippen LogP contribution in [0.5, 0.6) is 0 Å². The minimum atomic E-state index is -0.402. The number of likely N-dealkylation sites (tertiary alicyclic amines) is 1. The standard InChI is InChI=1S/C18H27N3O2S/c1-3-17(22)20-16(10-12-24-2)18(23)21-11-9-15(13-21)19-14-7-5-4-6-8-14/h4-8,15-16,19H,3,9-13H2,1-2H3,(H,20,22)/t15-,16-/m1/s1. The Hall–Kier alpha value is -1.69. The van der Waals surface area contributed by atoms with Crippen molar-refractivity contribution in [1.29, 1.82) is 0 Å². The Morgan fingerprint density at radius 2 is 2.08 bits per heavy atom. The van der Waals surface area contributed by atoms with E-state index in [1.807, 2.05) is 41.5 Å². The zero-order chi connectivity index (χ0) is 17.4. The van der Waals surface area contributed by atoms with E-state index >= 15 is 0 Å². The Labute approximate surface area is 148 Å². The van der Waals surface area contributed by atoms with E-state index in [2.05, 4.69) is 10.6 Å². The first-order chi connectivity index (χ1) is 11.6. The van der Waals surface area contributed by atoms with E-state index < -0.39 is 6.04 Å². The molecule has 1 aromatic rings. The molecule has 0 aliphatic carbocycles. The molecular weight excluding hydrogens is 322 g/mol. The third-order valence-corrected chi connectivity index (χ3v) is 4.85. The molecule has 1 saturated heterocycles. The molecule has 2 N–H and O–H groups in total. The molecule has 5 nitrogen and oxygen atoms in total. The van der Waals surface area contributed by atoms with Crippen LogP contribution in [0, 0.1) is 0 Å². The summed E-state index contributed by atoms with van der Waals surface area (Å²) in [5.41, 5.74) is 1.08. The van der Waals surface area contributed by atoms with Crippen molar-refractivity contribution >= 4 is 29.3 Å². The van der Waals surface area contributed by atoms with Crippen molar-refractivity contribution in [2.75, 3.05) is 30.4 Å². The van der Waals surface area contributed by atoms with E-state index in [9.17, 15) is 9.59 Å². The van der Waals surface area contributed by atoms with Crippen molar-refractivity contribution in [2.45, 2.75) is 38.3 Å². The lowest BCUT2D eigenvalue weighted by molar-refractivity contribution is -0.135. The normalized spacial score (nSPS) is 18.2. The number of benzene rings is 1. The highest BCUT2D eigenvalue weighted by Crippen LogP contribution is 2.17. The molecule has 1 heterocycles. The summed E-state index contributed by atoms with van der Waals surface area (Å²) < 4.78 is 0. The van der Waals surface area contributed by atoms with Gasteiger partial charge in [-0.2, -0.15) is 11.8 Å². The van der Waals surface area contributed by atoms with Crippen molar-refractivity contribution in [3.05, 3.63) is 30.3 Å². The molecule has 1 aliphatic heterocycles. The number of rotatable bonds is 8. The van der Waals surface area contributed by atoms with E-state index in [1.165, 1.54) is 0 Å². The summed E-state index contributed by atoms with van der Waals surface area (Å²) in [5, 5.41) is 6.35. The predicted molar refractivity (Wildman–Crippen MR) is 100 cm³/mol. The van der Waals surface area contributed by atoms with Crippen LogP contribution < -0.4 is 10.6 Å². The largest absolute Gasteiger partial charge is 0.380 e. The number of carbonyl (C=O) groups is 2. The van der Waals surface area contributed by atoms with E-state index in [4.69, 9.17) is 0 Å². The number of thioether (sulfide) groups is 1. The maximum absolute atomic E-state index is 12.8. The monoisotopic (exact) mass is 349 g/mol. The van der Waals surface area contributed by atoms with Crippen molar-refractivity contribution in [1.82, 2.24) is 10.2 Å². The Balaban J connectivity index is 1.91. The highest BCUT2D eigenvalue weighted by molar-refractivity contribution is 7.98. The third-order valence-electron chi connectivity index (χ3n) is 4.21. The third kappa shape index (κ3) is 5.44. The number of nitrogens with one attached hydrogen (secondary N) is 2. The number of nitrogens with zero attached hydrogens (tertiary/aromatic N) is 1. The van der Waals surface area contributed by atoms with Crippen molar-refractivity contribution < 1.29 is 9.59 Å². The summed E-state index contributed by atoms with van der Waals surface area (Å²) >= 11 is 1.69.